The first-order valence-electron chi connectivity index (χ1n) is 6.85. The van der Waals surface area contributed by atoms with E-state index in [0.29, 0.717) is 17.1 Å². The van der Waals surface area contributed by atoms with Crippen LogP contribution in [0.25, 0.3) is 0 Å². The third-order valence-electron chi connectivity index (χ3n) is 3.85. The van der Waals surface area contributed by atoms with Crippen molar-refractivity contribution in [1.82, 2.24) is 0 Å². The largest absolute Gasteiger partial charge is 1.00 e. The third kappa shape index (κ3) is 5.57. The molecule has 0 bridgehead atoms. The number of aliphatic hydroxyl groups excluding tert-OH is 2. The third-order valence-corrected chi connectivity index (χ3v) is 4.32. The van der Waals surface area contributed by atoms with Crippen molar-refractivity contribution < 1.29 is 92.9 Å². The molecule has 3 rings (SSSR count). The van der Waals surface area contributed by atoms with E-state index < -0.39 is 39.0 Å². The summed E-state index contributed by atoms with van der Waals surface area (Å²) in [7, 11) is -5.18. The summed E-state index contributed by atoms with van der Waals surface area (Å²) in [6, 6.07) is 5.21. The normalized spacial score (nSPS) is 26.8. The van der Waals surface area contributed by atoms with Gasteiger partial charge in [0, 0.05) is 0 Å². The minimum atomic E-state index is -5.18. The number of hydrogen-bond acceptors (Lipinski definition) is 10. The van der Waals surface area contributed by atoms with Crippen molar-refractivity contribution in [2.45, 2.75) is 32.0 Å². The van der Waals surface area contributed by atoms with Crippen LogP contribution < -0.4 is 84.9 Å². The van der Waals surface area contributed by atoms with Crippen LogP contribution in [0.5, 0.6) is 0 Å². The average molecular weight is 407 g/mol. The Hall–Kier alpha value is 0.610. The maximum Gasteiger partial charge on any atom is 1.00 e. The second-order valence-electron chi connectivity index (χ2n) is 5.34. The van der Waals surface area contributed by atoms with Crippen LogP contribution >= 0.6 is 7.82 Å². The van der Waals surface area contributed by atoms with E-state index in [9.17, 15) is 24.6 Å². The van der Waals surface area contributed by atoms with Gasteiger partial charge in [0.2, 0.25) is 0 Å². The summed E-state index contributed by atoms with van der Waals surface area (Å²) in [6.07, 6.45) is -4.78. The van der Waals surface area contributed by atoms with Crippen molar-refractivity contribution in [1.29, 1.82) is 0 Å². The summed E-state index contributed by atoms with van der Waals surface area (Å²) in [6.45, 7) is -0.378. The quantitative estimate of drug-likeness (QED) is 0.214. The summed E-state index contributed by atoms with van der Waals surface area (Å²) < 4.78 is 20.1. The van der Waals surface area contributed by atoms with E-state index >= 15 is 0 Å². The standard InChI is InChI=1S/C12H18N3O7P.CH4.2Na/c13-6-2-1-3-7-9(6)14-5-15(7)12-11(17)10(16)8(22-12)4-21-23(18,19)20;;;/h1-3,8,10-12,14,16-17H,4-5,13H2,(H2,18,19,20);1H4;;/q;;2*+1/p-2/t8-,10-,11-,12-;;;/m1.../s1. The number of hydrogen-bond donors (Lipinski definition) is 4. The van der Waals surface area contributed by atoms with Crippen LogP contribution in [0.1, 0.15) is 7.43 Å². The summed E-state index contributed by atoms with van der Waals surface area (Å²) in [5.74, 6) is 0. The Morgan fingerprint density at radius 1 is 1.35 bits per heavy atom. The van der Waals surface area contributed by atoms with Crippen LogP contribution in [0.2, 0.25) is 0 Å². The zero-order valence-electron chi connectivity index (χ0n) is 13.9. The first-order valence-corrected chi connectivity index (χ1v) is 8.31. The molecular weight excluding hydrogens is 387 g/mol. The van der Waals surface area contributed by atoms with Crippen LogP contribution in [0.4, 0.5) is 17.1 Å². The first-order chi connectivity index (χ1) is 10.8. The predicted molar refractivity (Wildman–Crippen MR) is 82.8 cm³/mol. The van der Waals surface area contributed by atoms with Crippen LogP contribution in [0, 0.1) is 0 Å². The van der Waals surface area contributed by atoms with Crippen LogP contribution in [0.3, 0.4) is 0 Å². The monoisotopic (exact) mass is 407 g/mol. The maximum absolute atomic E-state index is 10.5. The van der Waals surface area contributed by atoms with Crippen LogP contribution in [0.15, 0.2) is 18.2 Å². The van der Waals surface area contributed by atoms with E-state index in [1.54, 1.807) is 23.1 Å². The van der Waals surface area contributed by atoms with Gasteiger partial charge in [-0.25, -0.2) is 0 Å². The molecule has 4 atom stereocenters. The second-order valence-corrected chi connectivity index (χ2v) is 6.49. The number of phosphoric acid groups is 1. The zero-order valence-corrected chi connectivity index (χ0v) is 18.8. The molecule has 26 heavy (non-hydrogen) atoms. The van der Waals surface area contributed by atoms with Gasteiger partial charge in [-0.3, -0.25) is 0 Å². The number of nitrogens with zero attached hydrogens (tertiary/aromatic N) is 1. The minimum absolute atomic E-state index is 0. The SMILES string of the molecule is C.Nc1cccc2c1NCN2[C@@H]1O[C@H](COP(=O)([O-])[O-])[C@@H](O)[C@H]1O.[Na+].[Na+]. The van der Waals surface area contributed by atoms with Crippen molar-refractivity contribution >= 4 is 24.9 Å². The summed E-state index contributed by atoms with van der Waals surface area (Å²) >= 11 is 0. The molecule has 2 heterocycles. The first kappa shape index (κ1) is 26.6. The Balaban J connectivity index is 0.00000208. The molecule has 1 aromatic rings. The van der Waals surface area contributed by atoms with Gasteiger partial charge in [-0.15, -0.1) is 0 Å². The number of fused-ring (bicyclic) bond motifs is 1. The predicted octanol–water partition coefficient (Wildman–Crippen LogP) is -7.61. The molecule has 0 aromatic heterocycles. The van der Waals surface area contributed by atoms with Crippen LogP contribution in [-0.4, -0.2) is 48.0 Å². The molecule has 136 valence electrons. The number of anilines is 3. The number of nitrogens with one attached hydrogen (secondary N) is 1. The van der Waals surface area contributed by atoms with Crippen LogP contribution in [-0.2, 0) is 13.8 Å². The number of aliphatic hydroxyl groups is 2. The van der Waals surface area contributed by atoms with E-state index in [2.05, 4.69) is 9.84 Å². The fourth-order valence-corrected chi connectivity index (χ4v) is 3.08. The van der Waals surface area contributed by atoms with Gasteiger partial charge in [0.15, 0.2) is 6.23 Å². The van der Waals surface area contributed by atoms with Crippen molar-refractivity contribution in [3.8, 4) is 0 Å². The van der Waals surface area contributed by atoms with Crippen molar-refractivity contribution in [2.75, 3.05) is 29.2 Å². The van der Waals surface area contributed by atoms with Gasteiger partial charge < -0.3 is 49.8 Å². The number of rotatable bonds is 4. The molecule has 13 heteroatoms. The van der Waals surface area contributed by atoms with E-state index in [4.69, 9.17) is 10.5 Å². The molecule has 0 saturated carbocycles. The Bertz CT molecular complexity index is 650. The average Bonchev–Trinajstić information content (AvgIpc) is 3.01. The van der Waals surface area contributed by atoms with Gasteiger partial charge in [0.1, 0.15) is 18.3 Å². The number of nitrogens with two attached hydrogens (primary N) is 1. The van der Waals surface area contributed by atoms with Gasteiger partial charge >= 0.3 is 59.1 Å². The fourth-order valence-electron chi connectivity index (χ4n) is 2.76. The van der Waals surface area contributed by atoms with Crippen molar-refractivity contribution in [3.05, 3.63) is 18.2 Å². The number of benzene rings is 1. The van der Waals surface area contributed by atoms with Gasteiger partial charge in [-0.2, -0.15) is 0 Å². The molecule has 0 spiro atoms. The number of para-hydroxylation sites is 1. The van der Waals surface area contributed by atoms with E-state index in [-0.39, 0.29) is 73.2 Å². The minimum Gasteiger partial charge on any atom is -0.790 e. The molecule has 1 saturated heterocycles. The van der Waals surface area contributed by atoms with E-state index in [1.807, 2.05) is 0 Å². The summed E-state index contributed by atoms with van der Waals surface area (Å²) in [5.41, 5.74) is 7.74. The second kappa shape index (κ2) is 10.4. The summed E-state index contributed by atoms with van der Waals surface area (Å²) in [5, 5.41) is 23.2. The molecular formula is C13H20N3Na2O7P. The Morgan fingerprint density at radius 2 is 2.00 bits per heavy atom. The molecule has 10 nitrogen and oxygen atoms in total. The Kier molecular flexibility index (Phi) is 10.6. The summed E-state index contributed by atoms with van der Waals surface area (Å²) in [4.78, 5) is 22.7. The topological polar surface area (TPSA) is 163 Å². The van der Waals surface area contributed by atoms with Crippen molar-refractivity contribution in [2.24, 2.45) is 0 Å². The Morgan fingerprint density at radius 3 is 2.62 bits per heavy atom. The zero-order chi connectivity index (χ0) is 16.8. The molecule has 0 unspecified atom stereocenters. The fraction of sp³-hybridized carbons (Fsp3) is 0.538. The molecule has 1 aromatic carbocycles. The molecule has 0 radical (unpaired) electrons. The number of ether oxygens (including phenoxy) is 1. The Labute approximate surface area is 195 Å². The molecule has 5 N–H and O–H groups in total. The maximum atomic E-state index is 10.5. The van der Waals surface area contributed by atoms with Gasteiger partial charge in [0.05, 0.1) is 38.2 Å². The van der Waals surface area contributed by atoms with E-state index in [1.165, 1.54) is 0 Å². The number of nitrogen functional groups attached to an aromatic ring is 1. The molecule has 0 amide bonds. The van der Waals surface area contributed by atoms with Gasteiger partial charge in [-0.05, 0) is 12.1 Å². The van der Waals surface area contributed by atoms with Gasteiger partial charge in [0.25, 0.3) is 0 Å². The molecule has 0 aliphatic carbocycles. The van der Waals surface area contributed by atoms with Crippen molar-refractivity contribution in [3.63, 3.8) is 0 Å². The number of phosphoric ester groups is 1. The molecule has 2 aliphatic heterocycles. The smallest absolute Gasteiger partial charge is 0.790 e. The molecule has 1 fully saturated rings. The van der Waals surface area contributed by atoms with E-state index in [0.717, 1.165) is 0 Å². The van der Waals surface area contributed by atoms with Gasteiger partial charge in [-0.1, -0.05) is 13.5 Å². The molecule has 2 aliphatic rings.